The zero-order valence-corrected chi connectivity index (χ0v) is 24.0. The number of imidazole rings is 1. The molecule has 1 aliphatic carbocycles. The normalized spacial score (nSPS) is 21.3. The Bertz CT molecular complexity index is 1740. The Morgan fingerprint density at radius 2 is 2.02 bits per heavy atom. The number of amides is 1. The average molecular weight is 608 g/mol. The molecule has 4 atom stereocenters. The Balaban J connectivity index is 1.05. The largest absolute Gasteiger partial charge is 0.469 e. The van der Waals surface area contributed by atoms with Crippen molar-refractivity contribution < 1.29 is 33.2 Å². The van der Waals surface area contributed by atoms with E-state index in [0.29, 0.717) is 17.1 Å². The van der Waals surface area contributed by atoms with E-state index in [-0.39, 0.29) is 25.4 Å². The zero-order valence-electron chi connectivity index (χ0n) is 23.1. The number of hydrogen-bond donors (Lipinski definition) is 4. The fourth-order valence-electron chi connectivity index (χ4n) is 5.73. The molecular formula is C28H30N7O7P. The number of benzene rings is 2. The number of phosphoric acid groups is 1. The molecule has 3 heterocycles. The van der Waals surface area contributed by atoms with Gasteiger partial charge in [0.2, 0.25) is 0 Å². The third-order valence-electron chi connectivity index (χ3n) is 7.61. The van der Waals surface area contributed by atoms with Crippen LogP contribution in [-0.4, -0.2) is 66.8 Å². The highest BCUT2D eigenvalue weighted by atomic mass is 31.2. The van der Waals surface area contributed by atoms with Crippen molar-refractivity contribution in [3.63, 3.8) is 0 Å². The molecule has 1 fully saturated rings. The van der Waals surface area contributed by atoms with Crippen LogP contribution in [0.4, 0.5) is 5.82 Å². The summed E-state index contributed by atoms with van der Waals surface area (Å²) in [6.07, 6.45) is 2.71. The summed E-state index contributed by atoms with van der Waals surface area (Å²) in [6, 6.07) is 14.5. The van der Waals surface area contributed by atoms with Gasteiger partial charge in [-0.2, -0.15) is 0 Å². The zero-order chi connectivity index (χ0) is 30.1. The van der Waals surface area contributed by atoms with E-state index < -0.39 is 32.2 Å². The first-order valence-electron chi connectivity index (χ1n) is 13.7. The number of hydrogen-bond acceptors (Lipinski definition) is 10. The Labute approximate surface area is 246 Å². The number of nitrogens with two attached hydrogens (primary N) is 1. The van der Waals surface area contributed by atoms with E-state index in [9.17, 15) is 19.1 Å². The molecule has 2 aromatic carbocycles. The first-order valence-corrected chi connectivity index (χ1v) is 15.2. The third kappa shape index (κ3) is 6.01. The molecule has 0 saturated carbocycles. The summed E-state index contributed by atoms with van der Waals surface area (Å²) in [6.45, 7) is 1.71. The number of oxime groups is 1. The van der Waals surface area contributed by atoms with E-state index in [1.54, 1.807) is 10.8 Å². The van der Waals surface area contributed by atoms with Crippen molar-refractivity contribution in [2.75, 3.05) is 18.9 Å². The van der Waals surface area contributed by atoms with Crippen molar-refractivity contribution in [1.29, 1.82) is 0 Å². The predicted molar refractivity (Wildman–Crippen MR) is 156 cm³/mol. The van der Waals surface area contributed by atoms with Gasteiger partial charge in [0, 0.05) is 18.9 Å². The molecule has 4 aromatic rings. The van der Waals surface area contributed by atoms with Crippen molar-refractivity contribution in [3.8, 4) is 11.1 Å². The molecule has 1 amide bonds. The van der Waals surface area contributed by atoms with E-state index in [2.05, 4.69) is 62.7 Å². The minimum Gasteiger partial charge on any atom is -0.386 e. The number of ether oxygens (including phenoxy) is 1. The molecule has 0 radical (unpaired) electrons. The molecular weight excluding hydrogens is 577 g/mol. The van der Waals surface area contributed by atoms with Gasteiger partial charge in [0.1, 0.15) is 30.3 Å². The minimum atomic E-state index is -4.85. The number of nitrogens with zero attached hydrogens (tertiary/aromatic N) is 5. The number of nitrogens with one attached hydrogen (secondary N) is 1. The second kappa shape index (κ2) is 11.8. The Morgan fingerprint density at radius 1 is 1.21 bits per heavy atom. The lowest BCUT2D eigenvalue weighted by molar-refractivity contribution is -0.126. The van der Waals surface area contributed by atoms with E-state index in [0.717, 1.165) is 12.0 Å². The summed E-state index contributed by atoms with van der Waals surface area (Å²) < 4.78 is 24.1. The Kier molecular flexibility index (Phi) is 7.95. The van der Waals surface area contributed by atoms with Crippen molar-refractivity contribution in [3.05, 3.63) is 71.8 Å². The molecule has 0 spiro atoms. The highest BCUT2D eigenvalue weighted by Crippen LogP contribution is 2.46. The maximum atomic E-state index is 12.5. The molecule has 15 heteroatoms. The first-order chi connectivity index (χ1) is 20.7. The summed E-state index contributed by atoms with van der Waals surface area (Å²) in [5, 5.41) is 6.59. The van der Waals surface area contributed by atoms with Gasteiger partial charge >= 0.3 is 7.82 Å². The summed E-state index contributed by atoms with van der Waals surface area (Å²) >= 11 is 0. The maximum Gasteiger partial charge on any atom is 0.469 e. The van der Waals surface area contributed by atoms with Gasteiger partial charge in [-0.05, 0) is 40.3 Å². The van der Waals surface area contributed by atoms with Gasteiger partial charge in [0.15, 0.2) is 18.1 Å². The first kappa shape index (κ1) is 28.9. The van der Waals surface area contributed by atoms with Gasteiger partial charge < -0.3 is 30.4 Å². The molecule has 2 aliphatic rings. The smallest absolute Gasteiger partial charge is 0.386 e. The molecule has 43 heavy (non-hydrogen) atoms. The van der Waals surface area contributed by atoms with Crippen molar-refractivity contribution >= 4 is 36.9 Å². The molecule has 5 N–H and O–H groups in total. The van der Waals surface area contributed by atoms with E-state index in [1.165, 1.54) is 34.9 Å². The van der Waals surface area contributed by atoms with Crippen LogP contribution in [0.2, 0.25) is 0 Å². The number of fused-ring (bicyclic) bond motifs is 4. The molecule has 224 valence electrons. The van der Waals surface area contributed by atoms with Crippen LogP contribution in [0.5, 0.6) is 0 Å². The molecule has 1 aliphatic heterocycles. The predicted octanol–water partition coefficient (Wildman–Crippen LogP) is 2.86. The number of anilines is 1. The van der Waals surface area contributed by atoms with Gasteiger partial charge in [-0.25, -0.2) is 19.5 Å². The lowest BCUT2D eigenvalue weighted by Gasteiger charge is -2.19. The number of rotatable bonds is 10. The highest BCUT2D eigenvalue weighted by Gasteiger charge is 2.41. The maximum absolute atomic E-state index is 12.5. The van der Waals surface area contributed by atoms with Crippen LogP contribution in [0.15, 0.2) is 60.3 Å². The Morgan fingerprint density at radius 3 is 2.84 bits per heavy atom. The second-order valence-electron chi connectivity index (χ2n) is 10.3. The Hall–Kier alpha value is -4.20. The number of nitrogen functional groups attached to an aromatic ring is 1. The summed E-state index contributed by atoms with van der Waals surface area (Å²) in [4.78, 5) is 48.8. The van der Waals surface area contributed by atoms with Gasteiger partial charge in [-0.3, -0.25) is 13.9 Å². The molecule has 2 aromatic heterocycles. The van der Waals surface area contributed by atoms with Crippen molar-refractivity contribution in [2.45, 2.75) is 44.1 Å². The second-order valence-corrected chi connectivity index (χ2v) is 11.5. The lowest BCUT2D eigenvalue weighted by Crippen LogP contribution is -2.39. The standard InChI is InChI=1S/C28H30N7O7P/c1-2-17-18-5-3-4-6-19(18)21-9-16(7-8-20(17)21)11-34-40-13-24(36)30-12-23-22(42-43(37,38)39)10-25(41-23)35-15-33-26-27(29)31-14-32-28(26)35/h3-9,11,14-15,17,22-23,25H,2,10,12-13H2,1H3,(H,30,36)(H2,29,31,32)(H2,37,38,39)/b34-11+/t17?,22-,23+,25+/m0/s1. The number of aromatic nitrogens is 4. The minimum absolute atomic E-state index is 0.0616. The van der Waals surface area contributed by atoms with Crippen LogP contribution in [-0.2, 0) is 23.5 Å². The number of phosphoric ester groups is 1. The van der Waals surface area contributed by atoms with E-state index >= 15 is 0 Å². The summed E-state index contributed by atoms with van der Waals surface area (Å²) in [5.74, 6) is 0.0549. The van der Waals surface area contributed by atoms with E-state index in [1.807, 2.05) is 12.1 Å². The monoisotopic (exact) mass is 607 g/mol. The molecule has 1 saturated heterocycles. The van der Waals surface area contributed by atoms with Crippen LogP contribution in [0, 0.1) is 0 Å². The fourth-order valence-corrected chi connectivity index (χ4v) is 6.30. The molecule has 6 rings (SSSR count). The van der Waals surface area contributed by atoms with Gasteiger partial charge in [-0.15, -0.1) is 0 Å². The quantitative estimate of drug-likeness (QED) is 0.118. The third-order valence-corrected chi connectivity index (χ3v) is 8.16. The van der Waals surface area contributed by atoms with Crippen LogP contribution >= 0.6 is 7.82 Å². The molecule has 0 bridgehead atoms. The van der Waals surface area contributed by atoms with E-state index in [4.69, 9.17) is 19.8 Å². The number of carbonyl (C=O) groups is 1. The van der Waals surface area contributed by atoms with Crippen molar-refractivity contribution in [1.82, 2.24) is 24.8 Å². The van der Waals surface area contributed by atoms with Crippen LogP contribution < -0.4 is 11.1 Å². The number of carbonyl (C=O) groups excluding carboxylic acids is 1. The van der Waals surface area contributed by atoms with Gasteiger partial charge in [-0.1, -0.05) is 48.5 Å². The van der Waals surface area contributed by atoms with Crippen molar-refractivity contribution in [2.24, 2.45) is 5.16 Å². The van der Waals surface area contributed by atoms with Crippen LogP contribution in [0.3, 0.4) is 0 Å². The van der Waals surface area contributed by atoms with Gasteiger partial charge in [0.25, 0.3) is 5.91 Å². The lowest BCUT2D eigenvalue weighted by atomic mass is 9.94. The van der Waals surface area contributed by atoms with Gasteiger partial charge in [0.05, 0.1) is 12.5 Å². The molecule has 1 unspecified atom stereocenters. The molecule has 14 nitrogen and oxygen atoms in total. The topological polar surface area (TPSA) is 196 Å². The SMILES string of the molecule is CCC1c2ccccc2-c2cc(/C=N/OCC(=O)NC[C@H]3O[C@@H](n4cnc5c(N)ncnc54)C[C@@H]3OP(=O)(O)O)ccc21. The van der Waals surface area contributed by atoms with Crippen LogP contribution in [0.25, 0.3) is 22.3 Å². The average Bonchev–Trinajstić information content (AvgIpc) is 3.67. The fraction of sp³-hybridized carbons (Fsp3) is 0.321. The van der Waals surface area contributed by atoms with Crippen LogP contribution in [0.1, 0.15) is 48.6 Å². The summed E-state index contributed by atoms with van der Waals surface area (Å²) in [5.41, 5.74) is 12.5. The summed E-state index contributed by atoms with van der Waals surface area (Å²) in [7, 11) is -4.85. The highest BCUT2D eigenvalue weighted by molar-refractivity contribution is 7.46.